The summed E-state index contributed by atoms with van der Waals surface area (Å²) in [7, 11) is -2.07. The molecule has 0 aromatic heterocycles. The lowest BCUT2D eigenvalue weighted by molar-refractivity contribution is -0.141. The second-order valence-electron chi connectivity index (χ2n) is 7.15. The van der Waals surface area contributed by atoms with E-state index in [0.29, 0.717) is 0 Å². The number of carbonyl (C=O) groups is 2. The fourth-order valence-corrected chi connectivity index (χ4v) is 7.53. The van der Waals surface area contributed by atoms with Gasteiger partial charge in [0.05, 0.1) is 6.42 Å². The average Bonchev–Trinajstić information content (AvgIpc) is 2.62. The summed E-state index contributed by atoms with van der Waals surface area (Å²) in [5.74, 6) is -0.687. The minimum Gasteiger partial charge on any atom is -0.519 e. The van der Waals surface area contributed by atoms with Gasteiger partial charge in [0, 0.05) is 6.08 Å². The van der Waals surface area contributed by atoms with E-state index < -0.39 is 14.3 Å². The van der Waals surface area contributed by atoms with Gasteiger partial charge in [0.15, 0.2) is 0 Å². The predicted octanol–water partition coefficient (Wildman–Crippen LogP) is 6.17. The molecule has 0 aliphatic rings. The van der Waals surface area contributed by atoms with Gasteiger partial charge in [0.1, 0.15) is 6.61 Å². The highest BCUT2D eigenvalue weighted by Gasteiger charge is 2.36. The van der Waals surface area contributed by atoms with Gasteiger partial charge in [-0.25, -0.2) is 4.79 Å². The Hall–Kier alpha value is -1.10. The minimum atomic E-state index is -2.07. The molecule has 0 aliphatic carbocycles. The zero-order valence-electron chi connectivity index (χ0n) is 17.3. The molecule has 4 nitrogen and oxygen atoms in total. The van der Waals surface area contributed by atoms with E-state index in [2.05, 4.69) is 27.4 Å². The van der Waals surface area contributed by atoms with Crippen LogP contribution in [0.5, 0.6) is 0 Å². The van der Waals surface area contributed by atoms with Crippen molar-refractivity contribution in [2.45, 2.75) is 103 Å². The molecule has 5 heteroatoms. The topological polar surface area (TPSA) is 52.6 Å². The third kappa shape index (κ3) is 12.3. The highest BCUT2D eigenvalue weighted by molar-refractivity contribution is 6.75. The predicted molar refractivity (Wildman–Crippen MR) is 111 cm³/mol. The van der Waals surface area contributed by atoms with E-state index in [1.54, 1.807) is 0 Å². The first-order valence-electron chi connectivity index (χ1n) is 10.5. The van der Waals surface area contributed by atoms with Crippen molar-refractivity contribution in [2.75, 3.05) is 6.61 Å². The Morgan fingerprint density at radius 3 is 1.69 bits per heavy atom. The summed E-state index contributed by atoms with van der Waals surface area (Å²) in [5.41, 5.74) is 0. The molecule has 0 unspecified atom stereocenters. The van der Waals surface area contributed by atoms with Crippen molar-refractivity contribution in [3.8, 4) is 0 Å². The number of carbonyl (C=O) groups excluding carboxylic acids is 2. The molecule has 0 atom stereocenters. The zero-order valence-corrected chi connectivity index (χ0v) is 18.3. The smallest absolute Gasteiger partial charge is 0.330 e. The van der Waals surface area contributed by atoms with Crippen LogP contribution in [0.15, 0.2) is 12.7 Å². The molecule has 0 bridgehead atoms. The Bertz CT molecular complexity index is 369. The fraction of sp³-hybridized carbons (Fsp3) is 0.810. The lowest BCUT2D eigenvalue weighted by Crippen LogP contribution is -2.40. The van der Waals surface area contributed by atoms with Gasteiger partial charge in [-0.2, -0.15) is 0 Å². The van der Waals surface area contributed by atoms with E-state index in [1.807, 2.05) is 0 Å². The molecule has 0 aliphatic heterocycles. The molecule has 0 saturated heterocycles. The molecule has 0 spiro atoms. The summed E-state index contributed by atoms with van der Waals surface area (Å²) < 4.78 is 11.1. The quantitative estimate of drug-likeness (QED) is 0.130. The summed E-state index contributed by atoms with van der Waals surface area (Å²) in [6.45, 7) is 10.1. The van der Waals surface area contributed by atoms with E-state index in [0.717, 1.165) is 43.5 Å². The van der Waals surface area contributed by atoms with Crippen molar-refractivity contribution in [2.24, 2.45) is 0 Å². The van der Waals surface area contributed by atoms with Gasteiger partial charge < -0.3 is 9.16 Å². The summed E-state index contributed by atoms with van der Waals surface area (Å²) >= 11 is 0. The van der Waals surface area contributed by atoms with Crippen molar-refractivity contribution >= 4 is 20.3 Å². The van der Waals surface area contributed by atoms with Crippen LogP contribution in [0, 0.1) is 0 Å². The Morgan fingerprint density at radius 1 is 0.846 bits per heavy atom. The van der Waals surface area contributed by atoms with Gasteiger partial charge in [0.2, 0.25) is 0 Å². The van der Waals surface area contributed by atoms with Crippen LogP contribution >= 0.6 is 0 Å². The molecule has 26 heavy (non-hydrogen) atoms. The maximum atomic E-state index is 12.4. The van der Waals surface area contributed by atoms with Crippen LogP contribution in [0.2, 0.25) is 18.1 Å². The van der Waals surface area contributed by atoms with E-state index >= 15 is 0 Å². The molecule has 152 valence electrons. The van der Waals surface area contributed by atoms with Crippen molar-refractivity contribution in [1.82, 2.24) is 0 Å². The van der Waals surface area contributed by atoms with Crippen LogP contribution in [0.1, 0.15) is 85.0 Å². The highest BCUT2D eigenvalue weighted by atomic mass is 28.4. The van der Waals surface area contributed by atoms with E-state index in [1.165, 1.54) is 38.5 Å². The Balaban J connectivity index is 4.85. The number of ether oxygens (including phenoxy) is 1. The Morgan fingerprint density at radius 2 is 1.31 bits per heavy atom. The molecule has 0 radical (unpaired) electrons. The number of unbranched alkanes of at least 4 members (excludes halogenated alkanes) is 6. The third-order valence-electron chi connectivity index (χ3n) is 4.76. The summed E-state index contributed by atoms with van der Waals surface area (Å²) in [5, 5.41) is 0. The van der Waals surface area contributed by atoms with Crippen molar-refractivity contribution < 1.29 is 18.8 Å². The van der Waals surface area contributed by atoms with Crippen LogP contribution in [-0.4, -0.2) is 26.9 Å². The number of hydrogen-bond donors (Lipinski definition) is 0. The molecule has 0 N–H and O–H groups in total. The molecular weight excluding hydrogens is 344 g/mol. The lowest BCUT2D eigenvalue weighted by Gasteiger charge is -2.31. The molecule has 0 aromatic rings. The summed E-state index contributed by atoms with van der Waals surface area (Å²) in [6, 6.07) is 3.23. The van der Waals surface area contributed by atoms with E-state index in [9.17, 15) is 9.59 Å². The largest absolute Gasteiger partial charge is 0.519 e. The second kappa shape index (κ2) is 16.1. The zero-order chi connectivity index (χ0) is 19.7. The van der Waals surface area contributed by atoms with Crippen molar-refractivity contribution in [1.29, 1.82) is 0 Å². The van der Waals surface area contributed by atoms with E-state index in [-0.39, 0.29) is 19.0 Å². The van der Waals surface area contributed by atoms with Crippen LogP contribution in [0.4, 0.5) is 0 Å². The first-order chi connectivity index (χ1) is 12.5. The lowest BCUT2D eigenvalue weighted by atomic mass is 10.3. The standard InChI is InChI=1S/C21H40O4Si/c1-5-9-12-17-26(18-13-10-6-2,19-14-11-7-3)25-21(23)15-16-24-20(22)8-4/h8H,4-7,9-19H2,1-3H3. The molecule has 0 aromatic carbocycles. The maximum Gasteiger partial charge on any atom is 0.330 e. The van der Waals surface area contributed by atoms with Gasteiger partial charge >= 0.3 is 5.97 Å². The van der Waals surface area contributed by atoms with Crippen LogP contribution < -0.4 is 0 Å². The van der Waals surface area contributed by atoms with Crippen molar-refractivity contribution in [3.05, 3.63) is 12.7 Å². The first-order valence-corrected chi connectivity index (χ1v) is 13.1. The molecule has 0 amide bonds. The normalized spacial score (nSPS) is 11.2. The number of rotatable bonds is 17. The summed E-state index contributed by atoms with van der Waals surface area (Å²) in [6.07, 6.45) is 11.9. The number of esters is 1. The van der Waals surface area contributed by atoms with Crippen LogP contribution in [0.25, 0.3) is 0 Å². The first kappa shape index (κ1) is 24.9. The van der Waals surface area contributed by atoms with Crippen LogP contribution in [0.3, 0.4) is 0 Å². The third-order valence-corrected chi connectivity index (χ3v) is 9.21. The van der Waals surface area contributed by atoms with Crippen LogP contribution in [-0.2, 0) is 18.8 Å². The van der Waals surface area contributed by atoms with Gasteiger partial charge in [-0.05, 0) is 18.1 Å². The van der Waals surface area contributed by atoms with Gasteiger partial charge in [0.25, 0.3) is 14.3 Å². The average molecular weight is 385 g/mol. The molecule has 0 heterocycles. The van der Waals surface area contributed by atoms with E-state index in [4.69, 9.17) is 9.16 Å². The minimum absolute atomic E-state index is 0.0764. The monoisotopic (exact) mass is 384 g/mol. The highest BCUT2D eigenvalue weighted by Crippen LogP contribution is 2.31. The van der Waals surface area contributed by atoms with Gasteiger partial charge in [-0.3, -0.25) is 4.79 Å². The SMILES string of the molecule is C=CC(=O)OCCC(=O)O[Si](CCCCC)(CCCCC)CCCCC. The second-order valence-corrected chi connectivity index (χ2v) is 11.2. The number of hydrogen-bond acceptors (Lipinski definition) is 4. The molecule has 0 rings (SSSR count). The fourth-order valence-electron chi connectivity index (χ4n) is 3.21. The van der Waals surface area contributed by atoms with Gasteiger partial charge in [-0.1, -0.05) is 85.1 Å². The molecular formula is C21H40O4Si. The van der Waals surface area contributed by atoms with Gasteiger partial charge in [-0.15, -0.1) is 0 Å². The summed E-state index contributed by atoms with van der Waals surface area (Å²) in [4.78, 5) is 23.5. The van der Waals surface area contributed by atoms with Crippen molar-refractivity contribution in [3.63, 3.8) is 0 Å². The Labute approximate surface area is 161 Å². The maximum absolute atomic E-state index is 12.4. The Kier molecular flexibility index (Phi) is 15.4. The molecule has 0 fully saturated rings. The molecule has 0 saturated carbocycles.